The van der Waals surface area contributed by atoms with Gasteiger partial charge in [0.2, 0.25) is 5.03 Å². The molecule has 0 bridgehead atoms. The first-order valence-electron chi connectivity index (χ1n) is 6.50. The average molecular weight is 331 g/mol. The van der Waals surface area contributed by atoms with Crippen molar-refractivity contribution >= 4 is 32.1 Å². The predicted octanol–water partition coefficient (Wildman–Crippen LogP) is 0.217. The Morgan fingerprint density at radius 1 is 1.48 bits per heavy atom. The summed E-state index contributed by atoms with van der Waals surface area (Å²) in [5.74, 6) is 5.54. The zero-order valence-electron chi connectivity index (χ0n) is 11.5. The van der Waals surface area contributed by atoms with E-state index in [2.05, 4.69) is 10.4 Å². The number of thiazole rings is 1. The van der Waals surface area contributed by atoms with Crippen molar-refractivity contribution in [3.05, 3.63) is 11.6 Å². The second kappa shape index (κ2) is 4.92. The summed E-state index contributed by atoms with van der Waals surface area (Å²) in [7, 11) is -3.72. The Morgan fingerprint density at radius 2 is 2.14 bits per heavy atom. The molecule has 0 aromatic carbocycles. The van der Waals surface area contributed by atoms with E-state index in [1.807, 2.05) is 0 Å². The van der Waals surface area contributed by atoms with Gasteiger partial charge in [-0.1, -0.05) is 0 Å². The fraction of sp³-hybridized carbons (Fsp3) is 0.545. The average Bonchev–Trinajstić information content (AvgIpc) is 2.97. The number of nitrogens with zero attached hydrogens (tertiary/aromatic N) is 3. The molecule has 0 saturated carbocycles. The van der Waals surface area contributed by atoms with Crippen LogP contribution in [0, 0.1) is 0 Å². The van der Waals surface area contributed by atoms with E-state index in [9.17, 15) is 13.5 Å². The number of imidazole rings is 1. The maximum Gasteiger partial charge on any atom is 0.262 e. The smallest absolute Gasteiger partial charge is 0.262 e. The van der Waals surface area contributed by atoms with E-state index < -0.39 is 15.6 Å². The topological polar surface area (TPSA) is 113 Å². The Kier molecular flexibility index (Phi) is 3.45. The van der Waals surface area contributed by atoms with Crippen LogP contribution in [-0.4, -0.2) is 45.9 Å². The SMILES string of the molecule is CC1(O)CCN(S(=O)(=O)c2c(NN)nc3sccn23)CC1. The van der Waals surface area contributed by atoms with Gasteiger partial charge in [-0.05, 0) is 19.8 Å². The molecule has 1 saturated heterocycles. The van der Waals surface area contributed by atoms with Crippen LogP contribution < -0.4 is 11.3 Å². The second-order valence-electron chi connectivity index (χ2n) is 5.37. The highest BCUT2D eigenvalue weighted by molar-refractivity contribution is 7.89. The molecule has 3 rings (SSSR count). The Balaban J connectivity index is 2.02. The molecule has 2 aromatic heterocycles. The van der Waals surface area contributed by atoms with Gasteiger partial charge >= 0.3 is 0 Å². The van der Waals surface area contributed by atoms with E-state index in [0.717, 1.165) is 0 Å². The lowest BCUT2D eigenvalue weighted by atomic mass is 9.95. The number of aliphatic hydroxyl groups is 1. The number of hydrogen-bond donors (Lipinski definition) is 3. The number of nitrogen functional groups attached to an aromatic ring is 1. The minimum atomic E-state index is -3.72. The zero-order chi connectivity index (χ0) is 15.3. The number of nitrogens with two attached hydrogens (primary N) is 1. The molecule has 0 amide bonds. The normalized spacial score (nSPS) is 20.0. The first kappa shape index (κ1) is 14.7. The molecule has 8 nitrogen and oxygen atoms in total. The van der Waals surface area contributed by atoms with Crippen LogP contribution in [0.5, 0.6) is 0 Å². The molecular weight excluding hydrogens is 314 g/mol. The summed E-state index contributed by atoms with van der Waals surface area (Å²) < 4.78 is 28.6. The molecule has 0 spiro atoms. The van der Waals surface area contributed by atoms with Crippen molar-refractivity contribution in [2.75, 3.05) is 18.5 Å². The van der Waals surface area contributed by atoms with Crippen molar-refractivity contribution in [3.8, 4) is 0 Å². The van der Waals surface area contributed by atoms with Gasteiger partial charge in [-0.25, -0.2) is 14.3 Å². The maximum absolute atomic E-state index is 12.8. The van der Waals surface area contributed by atoms with Crippen molar-refractivity contribution in [3.63, 3.8) is 0 Å². The zero-order valence-corrected chi connectivity index (χ0v) is 13.1. The van der Waals surface area contributed by atoms with Crippen LogP contribution >= 0.6 is 11.3 Å². The maximum atomic E-state index is 12.8. The number of fused-ring (bicyclic) bond motifs is 1. The highest BCUT2D eigenvalue weighted by Gasteiger charge is 2.37. The lowest BCUT2D eigenvalue weighted by molar-refractivity contribution is 0.0125. The molecule has 2 aromatic rings. The van der Waals surface area contributed by atoms with Crippen molar-refractivity contribution in [1.29, 1.82) is 0 Å². The van der Waals surface area contributed by atoms with Gasteiger partial charge in [-0.15, -0.1) is 11.3 Å². The van der Waals surface area contributed by atoms with Gasteiger partial charge in [0.05, 0.1) is 5.60 Å². The van der Waals surface area contributed by atoms with E-state index in [-0.39, 0.29) is 23.9 Å². The number of piperidine rings is 1. The van der Waals surface area contributed by atoms with Crippen molar-refractivity contribution in [2.45, 2.75) is 30.4 Å². The number of anilines is 1. The molecule has 0 radical (unpaired) electrons. The van der Waals surface area contributed by atoms with Gasteiger partial charge in [0, 0.05) is 24.7 Å². The quantitative estimate of drug-likeness (QED) is 0.548. The van der Waals surface area contributed by atoms with Crippen LogP contribution in [0.3, 0.4) is 0 Å². The molecule has 1 aliphatic rings. The Morgan fingerprint density at radius 3 is 2.76 bits per heavy atom. The second-order valence-corrected chi connectivity index (χ2v) is 8.09. The summed E-state index contributed by atoms with van der Waals surface area (Å²) >= 11 is 1.33. The van der Waals surface area contributed by atoms with Crippen molar-refractivity contribution < 1.29 is 13.5 Å². The van der Waals surface area contributed by atoms with Gasteiger partial charge in [-0.2, -0.15) is 9.29 Å². The van der Waals surface area contributed by atoms with Crippen LogP contribution in [0.4, 0.5) is 5.82 Å². The first-order valence-corrected chi connectivity index (χ1v) is 8.82. The molecular formula is C11H17N5O3S2. The number of aromatic nitrogens is 2. The molecule has 0 aliphatic carbocycles. The summed E-state index contributed by atoms with van der Waals surface area (Å²) in [6.45, 7) is 2.27. The molecule has 1 fully saturated rings. The largest absolute Gasteiger partial charge is 0.390 e. The van der Waals surface area contributed by atoms with Gasteiger partial charge in [0.15, 0.2) is 10.8 Å². The van der Waals surface area contributed by atoms with Crippen LogP contribution in [0.15, 0.2) is 16.6 Å². The minimum absolute atomic E-state index is 0.0443. The Bertz CT molecular complexity index is 754. The molecule has 4 N–H and O–H groups in total. The first-order chi connectivity index (χ1) is 9.85. The molecule has 1 aliphatic heterocycles. The molecule has 3 heterocycles. The van der Waals surface area contributed by atoms with E-state index in [1.54, 1.807) is 18.5 Å². The van der Waals surface area contributed by atoms with Crippen LogP contribution in [0.25, 0.3) is 4.96 Å². The van der Waals surface area contributed by atoms with Gasteiger partial charge in [-0.3, -0.25) is 4.40 Å². The number of sulfonamides is 1. The highest BCUT2D eigenvalue weighted by atomic mass is 32.2. The number of nitrogens with one attached hydrogen (secondary N) is 1. The van der Waals surface area contributed by atoms with E-state index in [1.165, 1.54) is 20.0 Å². The third-order valence-corrected chi connectivity index (χ3v) is 6.42. The minimum Gasteiger partial charge on any atom is -0.390 e. The fourth-order valence-corrected chi connectivity index (χ4v) is 4.86. The van der Waals surface area contributed by atoms with Gasteiger partial charge in [0.1, 0.15) is 0 Å². The van der Waals surface area contributed by atoms with Crippen molar-refractivity contribution in [1.82, 2.24) is 13.7 Å². The van der Waals surface area contributed by atoms with E-state index in [4.69, 9.17) is 5.84 Å². The Hall–Kier alpha value is -1.20. The van der Waals surface area contributed by atoms with Crippen LogP contribution in [0.2, 0.25) is 0 Å². The van der Waals surface area contributed by atoms with Crippen molar-refractivity contribution in [2.24, 2.45) is 5.84 Å². The van der Waals surface area contributed by atoms with Crippen LogP contribution in [0.1, 0.15) is 19.8 Å². The van der Waals surface area contributed by atoms with Gasteiger partial charge in [0.25, 0.3) is 10.0 Å². The van der Waals surface area contributed by atoms with Crippen LogP contribution in [-0.2, 0) is 10.0 Å². The summed E-state index contributed by atoms with van der Waals surface area (Å²) in [5, 5.41) is 11.8. The van der Waals surface area contributed by atoms with E-state index >= 15 is 0 Å². The molecule has 0 unspecified atom stereocenters. The summed E-state index contributed by atoms with van der Waals surface area (Å²) in [4.78, 5) is 4.73. The summed E-state index contributed by atoms with van der Waals surface area (Å²) in [6.07, 6.45) is 2.47. The fourth-order valence-electron chi connectivity index (χ4n) is 2.44. The third kappa shape index (κ3) is 2.42. The van der Waals surface area contributed by atoms with E-state index in [0.29, 0.717) is 17.8 Å². The standard InChI is InChI=1S/C11H17N5O3S2/c1-11(17)2-4-15(5-3-11)21(18,19)9-8(14-12)13-10-16(9)6-7-20-10/h6-7,14,17H,2-5,12H2,1H3. The Labute approximate surface area is 126 Å². The van der Waals surface area contributed by atoms with Gasteiger partial charge < -0.3 is 10.5 Å². The molecule has 116 valence electrons. The number of rotatable bonds is 3. The lowest BCUT2D eigenvalue weighted by Gasteiger charge is -2.34. The number of hydrogen-bond acceptors (Lipinski definition) is 7. The molecule has 21 heavy (non-hydrogen) atoms. The predicted molar refractivity (Wildman–Crippen MR) is 79.5 cm³/mol. The lowest BCUT2D eigenvalue weighted by Crippen LogP contribution is -2.45. The number of hydrazine groups is 1. The monoisotopic (exact) mass is 331 g/mol. The molecule has 10 heteroatoms. The third-order valence-electron chi connectivity index (χ3n) is 3.74. The summed E-state index contributed by atoms with van der Waals surface area (Å²) in [5.41, 5.74) is 1.54. The highest BCUT2D eigenvalue weighted by Crippen LogP contribution is 2.31. The molecule has 0 atom stereocenters. The summed E-state index contributed by atoms with van der Waals surface area (Å²) in [6, 6.07) is 0.